The maximum absolute atomic E-state index is 13.1. The van der Waals surface area contributed by atoms with Crippen molar-refractivity contribution in [2.45, 2.75) is 31.8 Å². The zero-order valence-corrected chi connectivity index (χ0v) is 14.7. The Bertz CT molecular complexity index is 683. The summed E-state index contributed by atoms with van der Waals surface area (Å²) < 4.78 is 0. The average Bonchev–Trinajstić information content (AvgIpc) is 3.15. The Hall–Kier alpha value is -1.84. The molecule has 0 saturated carbocycles. The minimum atomic E-state index is -0.226. The number of nitrogens with zero attached hydrogens (tertiary/aromatic N) is 1. The molecule has 24 heavy (non-hydrogen) atoms. The number of quaternary nitrogens is 1. The lowest BCUT2D eigenvalue weighted by molar-refractivity contribution is -0.719. The number of benzene rings is 2. The van der Waals surface area contributed by atoms with Crippen molar-refractivity contribution >= 4 is 17.5 Å². The minimum Gasteiger partial charge on any atom is -0.337 e. The summed E-state index contributed by atoms with van der Waals surface area (Å²) in [5.41, 5.74) is 2.11. The maximum atomic E-state index is 13.1. The van der Waals surface area contributed by atoms with E-state index >= 15 is 0 Å². The van der Waals surface area contributed by atoms with E-state index in [1.165, 1.54) is 0 Å². The molecule has 1 heterocycles. The van der Waals surface area contributed by atoms with Crippen molar-refractivity contribution in [2.24, 2.45) is 0 Å². The van der Waals surface area contributed by atoms with Crippen LogP contribution in [0.15, 0.2) is 54.6 Å². The molecule has 2 aromatic rings. The summed E-state index contributed by atoms with van der Waals surface area (Å²) >= 11 is 6.34. The summed E-state index contributed by atoms with van der Waals surface area (Å²) in [6.45, 7) is 3.85. The van der Waals surface area contributed by atoms with Crippen molar-refractivity contribution in [3.05, 3.63) is 70.7 Å². The SMILES string of the molecule is C[C@H]([NH2+][C@H](C(=O)N1CCCC1)c1ccccc1)c1ccccc1Cl. The van der Waals surface area contributed by atoms with Crippen LogP contribution in [0.25, 0.3) is 0 Å². The van der Waals surface area contributed by atoms with Gasteiger partial charge in [0.2, 0.25) is 0 Å². The molecule has 0 spiro atoms. The first-order valence-electron chi connectivity index (χ1n) is 8.60. The number of rotatable bonds is 5. The van der Waals surface area contributed by atoms with Gasteiger partial charge in [0, 0.05) is 29.2 Å². The first kappa shape index (κ1) is 17.0. The van der Waals surface area contributed by atoms with Gasteiger partial charge in [0.25, 0.3) is 5.91 Å². The molecule has 0 unspecified atom stereocenters. The first-order valence-corrected chi connectivity index (χ1v) is 8.98. The fraction of sp³-hybridized carbons (Fsp3) is 0.350. The van der Waals surface area contributed by atoms with E-state index in [0.29, 0.717) is 0 Å². The van der Waals surface area contributed by atoms with Crippen LogP contribution in [0.4, 0.5) is 0 Å². The molecule has 1 aliphatic rings. The van der Waals surface area contributed by atoms with Crippen LogP contribution < -0.4 is 5.32 Å². The standard InChI is InChI=1S/C20H23ClN2O/c1-15(17-11-5-6-12-18(17)21)22-19(16-9-3-2-4-10-16)20(24)23-13-7-8-14-23/h2-6,9-12,15,19,22H,7-8,13-14H2,1H3/p+1/t15-,19-/m0/s1. The fourth-order valence-corrected chi connectivity index (χ4v) is 3.68. The first-order chi connectivity index (χ1) is 11.7. The molecule has 2 N–H and O–H groups in total. The van der Waals surface area contributed by atoms with Crippen LogP contribution in [0, 0.1) is 0 Å². The molecular weight excluding hydrogens is 320 g/mol. The van der Waals surface area contributed by atoms with Crippen LogP contribution in [0.5, 0.6) is 0 Å². The van der Waals surface area contributed by atoms with E-state index < -0.39 is 0 Å². The second kappa shape index (κ2) is 7.82. The van der Waals surface area contributed by atoms with E-state index in [1.54, 1.807) is 0 Å². The van der Waals surface area contributed by atoms with Gasteiger partial charge in [-0.25, -0.2) is 0 Å². The van der Waals surface area contributed by atoms with Crippen LogP contribution >= 0.6 is 11.6 Å². The number of carbonyl (C=O) groups excluding carboxylic acids is 1. The Morgan fingerprint density at radius 3 is 2.33 bits per heavy atom. The summed E-state index contributed by atoms with van der Waals surface area (Å²) in [7, 11) is 0. The van der Waals surface area contributed by atoms with Crippen molar-refractivity contribution < 1.29 is 10.1 Å². The third-order valence-electron chi connectivity index (χ3n) is 4.72. The molecule has 2 atom stereocenters. The quantitative estimate of drug-likeness (QED) is 0.888. The number of carbonyl (C=O) groups is 1. The normalized spacial score (nSPS) is 16.8. The smallest absolute Gasteiger partial charge is 0.285 e. The molecule has 0 aliphatic carbocycles. The molecule has 2 aromatic carbocycles. The summed E-state index contributed by atoms with van der Waals surface area (Å²) in [5, 5.41) is 2.89. The maximum Gasteiger partial charge on any atom is 0.285 e. The van der Waals surface area contributed by atoms with E-state index in [4.69, 9.17) is 11.6 Å². The highest BCUT2D eigenvalue weighted by Gasteiger charge is 2.32. The minimum absolute atomic E-state index is 0.107. The van der Waals surface area contributed by atoms with Gasteiger partial charge in [-0.3, -0.25) is 4.79 Å². The average molecular weight is 344 g/mol. The Morgan fingerprint density at radius 2 is 1.67 bits per heavy atom. The zero-order chi connectivity index (χ0) is 16.9. The number of halogens is 1. The molecule has 1 saturated heterocycles. The van der Waals surface area contributed by atoms with Crippen LogP contribution in [0.1, 0.15) is 43.0 Å². The van der Waals surface area contributed by atoms with Crippen molar-refractivity contribution in [3.8, 4) is 0 Å². The zero-order valence-electron chi connectivity index (χ0n) is 14.0. The third-order valence-corrected chi connectivity index (χ3v) is 5.06. The van der Waals surface area contributed by atoms with E-state index in [1.807, 2.05) is 59.5 Å². The van der Waals surface area contributed by atoms with E-state index in [9.17, 15) is 4.79 Å². The number of hydrogen-bond donors (Lipinski definition) is 1. The highest BCUT2D eigenvalue weighted by atomic mass is 35.5. The number of nitrogens with two attached hydrogens (primary N) is 1. The van der Waals surface area contributed by atoms with Crippen molar-refractivity contribution in [3.63, 3.8) is 0 Å². The van der Waals surface area contributed by atoms with Gasteiger partial charge in [0.05, 0.1) is 0 Å². The van der Waals surface area contributed by atoms with Crippen LogP contribution in [0.2, 0.25) is 5.02 Å². The Morgan fingerprint density at radius 1 is 1.04 bits per heavy atom. The third kappa shape index (κ3) is 3.80. The number of hydrogen-bond acceptors (Lipinski definition) is 1. The highest BCUT2D eigenvalue weighted by molar-refractivity contribution is 6.31. The largest absolute Gasteiger partial charge is 0.337 e. The van der Waals surface area contributed by atoms with E-state index in [-0.39, 0.29) is 18.0 Å². The van der Waals surface area contributed by atoms with Gasteiger partial charge < -0.3 is 10.2 Å². The van der Waals surface area contributed by atoms with Crippen LogP contribution in [0.3, 0.4) is 0 Å². The predicted octanol–water partition coefficient (Wildman–Crippen LogP) is 3.33. The molecule has 0 bridgehead atoms. The molecule has 0 aromatic heterocycles. The van der Waals surface area contributed by atoms with Crippen LogP contribution in [-0.4, -0.2) is 23.9 Å². The number of likely N-dealkylation sites (tertiary alicyclic amines) is 1. The van der Waals surface area contributed by atoms with E-state index in [0.717, 1.165) is 42.1 Å². The Labute approximate surface area is 148 Å². The van der Waals surface area contributed by atoms with E-state index in [2.05, 4.69) is 12.2 Å². The topological polar surface area (TPSA) is 36.9 Å². The molecule has 3 nitrogen and oxygen atoms in total. The lowest BCUT2D eigenvalue weighted by atomic mass is 10.0. The molecule has 4 heteroatoms. The Kier molecular flexibility index (Phi) is 5.54. The molecule has 1 fully saturated rings. The monoisotopic (exact) mass is 343 g/mol. The molecule has 0 radical (unpaired) electrons. The second-order valence-corrected chi connectivity index (χ2v) is 6.83. The lowest BCUT2D eigenvalue weighted by Crippen LogP contribution is -2.88. The summed E-state index contributed by atoms with van der Waals surface area (Å²) in [4.78, 5) is 15.1. The molecular formula is C20H24ClN2O+. The Balaban J connectivity index is 1.84. The second-order valence-electron chi connectivity index (χ2n) is 6.42. The molecule has 1 aliphatic heterocycles. The summed E-state index contributed by atoms with van der Waals surface area (Å²) in [5.74, 6) is 0.206. The van der Waals surface area contributed by atoms with Gasteiger partial charge in [0.1, 0.15) is 6.04 Å². The van der Waals surface area contributed by atoms with Crippen molar-refractivity contribution in [1.29, 1.82) is 0 Å². The van der Waals surface area contributed by atoms with Gasteiger partial charge in [-0.2, -0.15) is 0 Å². The molecule has 1 amide bonds. The van der Waals surface area contributed by atoms with Gasteiger partial charge >= 0.3 is 0 Å². The number of amides is 1. The van der Waals surface area contributed by atoms with Gasteiger partial charge in [-0.15, -0.1) is 0 Å². The van der Waals surface area contributed by atoms with Gasteiger partial charge in [-0.1, -0.05) is 60.1 Å². The summed E-state index contributed by atoms with van der Waals surface area (Å²) in [6.07, 6.45) is 2.21. The van der Waals surface area contributed by atoms with Crippen LogP contribution in [-0.2, 0) is 4.79 Å². The molecule has 126 valence electrons. The van der Waals surface area contributed by atoms with Gasteiger partial charge in [-0.05, 0) is 25.8 Å². The predicted molar refractivity (Wildman–Crippen MR) is 96.8 cm³/mol. The van der Waals surface area contributed by atoms with Gasteiger partial charge in [0.15, 0.2) is 6.04 Å². The fourth-order valence-electron chi connectivity index (χ4n) is 3.37. The summed E-state index contributed by atoms with van der Waals surface area (Å²) in [6, 6.07) is 17.8. The molecule has 3 rings (SSSR count). The highest BCUT2D eigenvalue weighted by Crippen LogP contribution is 2.22. The van der Waals surface area contributed by atoms with Crippen molar-refractivity contribution in [2.75, 3.05) is 13.1 Å². The van der Waals surface area contributed by atoms with Crippen molar-refractivity contribution in [1.82, 2.24) is 4.90 Å². The lowest BCUT2D eigenvalue weighted by Gasteiger charge is -2.25.